The standard InChI is InChI=1S/C10H11F3N2/c11-10(12,13)6-3-7(14)5-9(4-6)15-8-1-2-8/h3-5,8,15H,1-2,14H2. The summed E-state index contributed by atoms with van der Waals surface area (Å²) in [5.41, 5.74) is 5.29. The lowest BCUT2D eigenvalue weighted by Gasteiger charge is -2.11. The Hall–Kier alpha value is -1.39. The van der Waals surface area contributed by atoms with Crippen LogP contribution in [0.5, 0.6) is 0 Å². The van der Waals surface area contributed by atoms with Crippen LogP contribution in [0.2, 0.25) is 0 Å². The van der Waals surface area contributed by atoms with Crippen molar-refractivity contribution in [2.24, 2.45) is 0 Å². The Bertz CT molecular complexity index is 369. The molecule has 1 saturated carbocycles. The third-order valence-corrected chi connectivity index (χ3v) is 2.23. The zero-order valence-corrected chi connectivity index (χ0v) is 7.93. The van der Waals surface area contributed by atoms with Crippen molar-refractivity contribution in [1.29, 1.82) is 0 Å². The molecule has 0 aliphatic heterocycles. The first kappa shape index (κ1) is 10.1. The minimum Gasteiger partial charge on any atom is -0.399 e. The molecule has 1 aliphatic rings. The van der Waals surface area contributed by atoms with E-state index in [0.717, 1.165) is 25.0 Å². The molecule has 15 heavy (non-hydrogen) atoms. The van der Waals surface area contributed by atoms with E-state index in [2.05, 4.69) is 5.32 Å². The molecule has 0 unspecified atom stereocenters. The van der Waals surface area contributed by atoms with Crippen LogP contribution in [0.4, 0.5) is 24.5 Å². The van der Waals surface area contributed by atoms with E-state index < -0.39 is 11.7 Å². The molecule has 3 N–H and O–H groups in total. The molecule has 0 bridgehead atoms. The van der Waals surface area contributed by atoms with Crippen LogP contribution in [0.1, 0.15) is 18.4 Å². The maximum absolute atomic E-state index is 12.4. The first-order valence-electron chi connectivity index (χ1n) is 4.69. The summed E-state index contributed by atoms with van der Waals surface area (Å²) in [6.45, 7) is 0. The molecule has 2 nitrogen and oxygen atoms in total. The molecule has 0 saturated heterocycles. The number of benzene rings is 1. The Labute approximate surface area is 85.3 Å². The minimum absolute atomic E-state index is 0.132. The Morgan fingerprint density at radius 2 is 1.87 bits per heavy atom. The summed E-state index contributed by atoms with van der Waals surface area (Å²) in [5.74, 6) is 0. The topological polar surface area (TPSA) is 38.0 Å². The average Bonchev–Trinajstić information content (AvgIpc) is 2.85. The van der Waals surface area contributed by atoms with Crippen LogP contribution in [0, 0.1) is 0 Å². The smallest absolute Gasteiger partial charge is 0.399 e. The van der Waals surface area contributed by atoms with Crippen molar-refractivity contribution in [3.8, 4) is 0 Å². The highest BCUT2D eigenvalue weighted by molar-refractivity contribution is 5.58. The van der Waals surface area contributed by atoms with Gasteiger partial charge < -0.3 is 11.1 Å². The second-order valence-corrected chi connectivity index (χ2v) is 3.76. The van der Waals surface area contributed by atoms with Crippen LogP contribution >= 0.6 is 0 Å². The molecule has 82 valence electrons. The fourth-order valence-electron chi connectivity index (χ4n) is 1.36. The van der Waals surface area contributed by atoms with Gasteiger partial charge in [-0.05, 0) is 31.0 Å². The summed E-state index contributed by atoms with van der Waals surface area (Å²) in [5, 5.41) is 2.99. The monoisotopic (exact) mass is 216 g/mol. The van der Waals surface area contributed by atoms with E-state index in [1.54, 1.807) is 0 Å². The van der Waals surface area contributed by atoms with E-state index in [9.17, 15) is 13.2 Å². The van der Waals surface area contributed by atoms with E-state index >= 15 is 0 Å². The largest absolute Gasteiger partial charge is 0.416 e. The van der Waals surface area contributed by atoms with Crippen LogP contribution in [-0.2, 0) is 6.18 Å². The highest BCUT2D eigenvalue weighted by Crippen LogP contribution is 2.34. The molecule has 1 aromatic rings. The van der Waals surface area contributed by atoms with Crippen LogP contribution in [-0.4, -0.2) is 6.04 Å². The molecule has 2 rings (SSSR count). The molecular weight excluding hydrogens is 205 g/mol. The van der Waals surface area contributed by atoms with E-state index in [4.69, 9.17) is 5.73 Å². The maximum Gasteiger partial charge on any atom is 0.416 e. The third-order valence-electron chi connectivity index (χ3n) is 2.23. The zero-order chi connectivity index (χ0) is 11.1. The highest BCUT2D eigenvalue weighted by atomic mass is 19.4. The van der Waals surface area contributed by atoms with Crippen LogP contribution in [0.25, 0.3) is 0 Å². The minimum atomic E-state index is -4.34. The molecule has 1 aliphatic carbocycles. The van der Waals surface area contributed by atoms with Crippen LogP contribution in [0.3, 0.4) is 0 Å². The highest BCUT2D eigenvalue weighted by Gasteiger charge is 2.31. The van der Waals surface area contributed by atoms with Crippen molar-refractivity contribution < 1.29 is 13.2 Å². The predicted molar refractivity (Wildman–Crippen MR) is 52.5 cm³/mol. The van der Waals surface area contributed by atoms with Gasteiger partial charge in [-0.25, -0.2) is 0 Å². The van der Waals surface area contributed by atoms with Crippen molar-refractivity contribution in [2.75, 3.05) is 11.1 Å². The number of nitrogens with two attached hydrogens (primary N) is 1. The molecule has 0 spiro atoms. The first-order valence-corrected chi connectivity index (χ1v) is 4.69. The van der Waals surface area contributed by atoms with Gasteiger partial charge in [-0.2, -0.15) is 13.2 Å². The SMILES string of the molecule is Nc1cc(NC2CC2)cc(C(F)(F)F)c1. The average molecular weight is 216 g/mol. The number of anilines is 2. The van der Waals surface area contributed by atoms with E-state index in [1.165, 1.54) is 6.07 Å². The molecule has 0 radical (unpaired) electrons. The molecule has 1 aromatic carbocycles. The predicted octanol–water partition coefficient (Wildman–Crippen LogP) is 2.86. The maximum atomic E-state index is 12.4. The number of nitrogens with one attached hydrogen (secondary N) is 1. The van der Waals surface area contributed by atoms with Gasteiger partial charge in [-0.15, -0.1) is 0 Å². The first-order chi connectivity index (χ1) is 6.95. The molecule has 0 heterocycles. The van der Waals surface area contributed by atoms with Gasteiger partial charge in [0, 0.05) is 17.4 Å². The number of hydrogen-bond acceptors (Lipinski definition) is 2. The van der Waals surface area contributed by atoms with E-state index in [0.29, 0.717) is 11.7 Å². The molecule has 1 fully saturated rings. The summed E-state index contributed by atoms with van der Waals surface area (Å²) in [6.07, 6.45) is -2.32. The van der Waals surface area contributed by atoms with Gasteiger partial charge in [0.1, 0.15) is 0 Å². The van der Waals surface area contributed by atoms with Gasteiger partial charge in [0.15, 0.2) is 0 Å². The molecule has 0 amide bonds. The van der Waals surface area contributed by atoms with Gasteiger partial charge in [-0.1, -0.05) is 0 Å². The summed E-state index contributed by atoms with van der Waals surface area (Å²) in [6, 6.07) is 3.87. The normalized spacial score (nSPS) is 16.5. The Morgan fingerprint density at radius 1 is 1.20 bits per heavy atom. The lowest BCUT2D eigenvalue weighted by molar-refractivity contribution is -0.137. The zero-order valence-electron chi connectivity index (χ0n) is 7.93. The fraction of sp³-hybridized carbons (Fsp3) is 0.400. The van der Waals surface area contributed by atoms with Crippen molar-refractivity contribution in [2.45, 2.75) is 25.1 Å². The summed E-state index contributed by atoms with van der Waals surface area (Å²) in [7, 11) is 0. The Kier molecular flexibility index (Phi) is 2.25. The molecule has 0 aromatic heterocycles. The number of hydrogen-bond donors (Lipinski definition) is 2. The van der Waals surface area contributed by atoms with Gasteiger partial charge in [0.05, 0.1) is 5.56 Å². The summed E-state index contributed by atoms with van der Waals surface area (Å²) < 4.78 is 37.3. The van der Waals surface area contributed by atoms with Crippen molar-refractivity contribution in [1.82, 2.24) is 0 Å². The van der Waals surface area contributed by atoms with Gasteiger partial charge in [-0.3, -0.25) is 0 Å². The Balaban J connectivity index is 2.27. The molecule has 5 heteroatoms. The van der Waals surface area contributed by atoms with Gasteiger partial charge in [0.25, 0.3) is 0 Å². The van der Waals surface area contributed by atoms with Crippen molar-refractivity contribution in [3.05, 3.63) is 23.8 Å². The number of nitrogen functional groups attached to an aromatic ring is 1. The second-order valence-electron chi connectivity index (χ2n) is 3.76. The van der Waals surface area contributed by atoms with Gasteiger partial charge >= 0.3 is 6.18 Å². The van der Waals surface area contributed by atoms with E-state index in [1.807, 2.05) is 0 Å². The molecule has 0 atom stereocenters. The fourth-order valence-corrected chi connectivity index (χ4v) is 1.36. The number of halogens is 3. The summed E-state index contributed by atoms with van der Waals surface area (Å²) in [4.78, 5) is 0. The Morgan fingerprint density at radius 3 is 2.40 bits per heavy atom. The third kappa shape index (κ3) is 2.55. The lowest BCUT2D eigenvalue weighted by Crippen LogP contribution is -2.08. The van der Waals surface area contributed by atoms with Crippen molar-refractivity contribution in [3.63, 3.8) is 0 Å². The lowest BCUT2D eigenvalue weighted by atomic mass is 10.1. The molecular formula is C10H11F3N2. The van der Waals surface area contributed by atoms with Crippen LogP contribution in [0.15, 0.2) is 18.2 Å². The second kappa shape index (κ2) is 3.32. The van der Waals surface area contributed by atoms with Crippen molar-refractivity contribution >= 4 is 11.4 Å². The van der Waals surface area contributed by atoms with Gasteiger partial charge in [0.2, 0.25) is 0 Å². The quantitative estimate of drug-likeness (QED) is 0.746. The number of alkyl halides is 3. The number of rotatable bonds is 2. The van der Waals surface area contributed by atoms with E-state index in [-0.39, 0.29) is 5.69 Å². The van der Waals surface area contributed by atoms with Crippen LogP contribution < -0.4 is 11.1 Å². The summed E-state index contributed by atoms with van der Waals surface area (Å²) >= 11 is 0.